The first-order valence-electron chi connectivity index (χ1n) is 6.56. The number of amides is 1. The SMILES string of the molecule is COc1cc(NC(=O)CCSc2nnc(C)s2)cc(OC)c1. The molecule has 1 aromatic carbocycles. The second-order valence-corrected chi connectivity index (χ2v) is 6.86. The predicted octanol–water partition coefficient (Wildman–Crippen LogP) is 2.98. The molecule has 22 heavy (non-hydrogen) atoms. The van der Waals surface area contributed by atoms with E-state index < -0.39 is 0 Å². The molecule has 2 rings (SSSR count). The predicted molar refractivity (Wildman–Crippen MR) is 88.2 cm³/mol. The van der Waals surface area contributed by atoms with Gasteiger partial charge in [-0.25, -0.2) is 0 Å². The minimum Gasteiger partial charge on any atom is -0.497 e. The molecule has 2 aromatic rings. The monoisotopic (exact) mass is 339 g/mol. The third-order valence-corrected chi connectivity index (χ3v) is 4.67. The summed E-state index contributed by atoms with van der Waals surface area (Å²) in [7, 11) is 3.14. The molecule has 0 unspecified atom stereocenters. The summed E-state index contributed by atoms with van der Waals surface area (Å²) in [5.74, 6) is 1.85. The van der Waals surface area contributed by atoms with Gasteiger partial charge in [0.05, 0.1) is 14.2 Å². The molecule has 0 radical (unpaired) electrons. The molecule has 1 heterocycles. The largest absolute Gasteiger partial charge is 0.497 e. The van der Waals surface area contributed by atoms with Crippen LogP contribution in [0.2, 0.25) is 0 Å². The molecular formula is C14H17N3O3S2. The van der Waals surface area contributed by atoms with Crippen molar-refractivity contribution in [2.24, 2.45) is 0 Å². The Balaban J connectivity index is 1.86. The van der Waals surface area contributed by atoms with Gasteiger partial charge in [0.2, 0.25) is 5.91 Å². The summed E-state index contributed by atoms with van der Waals surface area (Å²) in [6.45, 7) is 1.91. The lowest BCUT2D eigenvalue weighted by atomic mass is 10.2. The first-order valence-corrected chi connectivity index (χ1v) is 8.36. The summed E-state index contributed by atoms with van der Waals surface area (Å²) >= 11 is 3.06. The van der Waals surface area contributed by atoms with Crippen LogP contribution in [-0.4, -0.2) is 36.1 Å². The number of nitrogens with one attached hydrogen (secondary N) is 1. The summed E-state index contributed by atoms with van der Waals surface area (Å²) in [6.07, 6.45) is 0.392. The fourth-order valence-corrected chi connectivity index (χ4v) is 3.50. The third kappa shape index (κ3) is 4.88. The lowest BCUT2D eigenvalue weighted by Crippen LogP contribution is -2.12. The molecule has 1 aromatic heterocycles. The molecule has 0 saturated heterocycles. The van der Waals surface area contributed by atoms with Crippen LogP contribution >= 0.6 is 23.1 Å². The average molecular weight is 339 g/mol. The van der Waals surface area contributed by atoms with Crippen molar-refractivity contribution in [1.82, 2.24) is 10.2 Å². The summed E-state index contributed by atoms with van der Waals surface area (Å²) in [4.78, 5) is 12.0. The van der Waals surface area contributed by atoms with E-state index in [2.05, 4.69) is 15.5 Å². The second kappa shape index (κ2) is 8.00. The summed E-state index contributed by atoms with van der Waals surface area (Å²) in [5.41, 5.74) is 0.651. The van der Waals surface area contributed by atoms with E-state index in [9.17, 15) is 4.79 Å². The summed E-state index contributed by atoms with van der Waals surface area (Å²) < 4.78 is 11.2. The van der Waals surface area contributed by atoms with Crippen molar-refractivity contribution in [3.63, 3.8) is 0 Å². The fraction of sp³-hybridized carbons (Fsp3) is 0.357. The molecular weight excluding hydrogens is 322 g/mol. The van der Waals surface area contributed by atoms with Gasteiger partial charge in [-0.05, 0) is 6.92 Å². The van der Waals surface area contributed by atoms with Gasteiger partial charge in [-0.3, -0.25) is 4.79 Å². The highest BCUT2D eigenvalue weighted by molar-refractivity contribution is 8.01. The van der Waals surface area contributed by atoms with Gasteiger partial charge in [0.25, 0.3) is 0 Å². The number of aromatic nitrogens is 2. The highest BCUT2D eigenvalue weighted by Gasteiger charge is 2.08. The summed E-state index contributed by atoms with van der Waals surface area (Å²) in [6, 6.07) is 5.26. The van der Waals surface area contributed by atoms with Crippen molar-refractivity contribution in [2.75, 3.05) is 25.3 Å². The van der Waals surface area contributed by atoms with Crippen LogP contribution in [0.5, 0.6) is 11.5 Å². The molecule has 8 heteroatoms. The van der Waals surface area contributed by atoms with Gasteiger partial charge >= 0.3 is 0 Å². The van der Waals surface area contributed by atoms with Crippen LogP contribution in [0.15, 0.2) is 22.5 Å². The quantitative estimate of drug-likeness (QED) is 0.782. The number of nitrogens with zero attached hydrogens (tertiary/aromatic N) is 2. The zero-order chi connectivity index (χ0) is 15.9. The van der Waals surface area contributed by atoms with E-state index in [4.69, 9.17) is 9.47 Å². The van der Waals surface area contributed by atoms with E-state index in [1.807, 2.05) is 6.92 Å². The Bertz CT molecular complexity index is 624. The Morgan fingerprint density at radius 2 is 1.91 bits per heavy atom. The van der Waals surface area contributed by atoms with Crippen LogP contribution in [0.25, 0.3) is 0 Å². The lowest BCUT2D eigenvalue weighted by Gasteiger charge is -2.09. The average Bonchev–Trinajstić information content (AvgIpc) is 2.92. The lowest BCUT2D eigenvalue weighted by molar-refractivity contribution is -0.115. The van der Waals surface area contributed by atoms with Crippen LogP contribution in [0.3, 0.4) is 0 Å². The molecule has 0 atom stereocenters. The number of carbonyl (C=O) groups excluding carboxylic acids is 1. The molecule has 0 bridgehead atoms. The number of thioether (sulfide) groups is 1. The standard InChI is InChI=1S/C14H17N3O3S2/c1-9-16-17-14(22-9)21-5-4-13(18)15-10-6-11(19-2)8-12(7-10)20-3/h6-8H,4-5H2,1-3H3,(H,15,18). The van der Waals surface area contributed by atoms with Crippen LogP contribution in [0.1, 0.15) is 11.4 Å². The van der Waals surface area contributed by atoms with Crippen LogP contribution in [0.4, 0.5) is 5.69 Å². The van der Waals surface area contributed by atoms with Gasteiger partial charge in [-0.15, -0.1) is 10.2 Å². The van der Waals surface area contributed by atoms with Gasteiger partial charge in [-0.1, -0.05) is 23.1 Å². The van der Waals surface area contributed by atoms with E-state index in [1.54, 1.807) is 32.4 Å². The van der Waals surface area contributed by atoms with Crippen LogP contribution in [-0.2, 0) is 4.79 Å². The van der Waals surface area contributed by atoms with Crippen molar-refractivity contribution >= 4 is 34.7 Å². The molecule has 1 N–H and O–H groups in total. The number of anilines is 1. The van der Waals surface area contributed by atoms with Crippen molar-refractivity contribution in [3.8, 4) is 11.5 Å². The summed E-state index contributed by atoms with van der Waals surface area (Å²) in [5, 5.41) is 11.7. The molecule has 1 amide bonds. The maximum absolute atomic E-state index is 12.0. The fourth-order valence-electron chi connectivity index (χ4n) is 1.67. The van der Waals surface area contributed by atoms with E-state index in [1.165, 1.54) is 23.1 Å². The number of aryl methyl sites for hydroxylation is 1. The number of ether oxygens (including phenoxy) is 2. The van der Waals surface area contributed by atoms with Gasteiger partial charge in [0, 0.05) is 36.1 Å². The van der Waals surface area contributed by atoms with Gasteiger partial charge in [-0.2, -0.15) is 0 Å². The minimum absolute atomic E-state index is 0.0657. The molecule has 0 saturated carbocycles. The van der Waals surface area contributed by atoms with E-state index in [0.29, 0.717) is 29.4 Å². The number of rotatable bonds is 7. The number of methoxy groups -OCH3 is 2. The zero-order valence-corrected chi connectivity index (χ0v) is 14.2. The first-order chi connectivity index (χ1) is 10.6. The smallest absolute Gasteiger partial charge is 0.225 e. The van der Waals surface area contributed by atoms with Crippen molar-refractivity contribution < 1.29 is 14.3 Å². The molecule has 0 fully saturated rings. The van der Waals surface area contributed by atoms with E-state index >= 15 is 0 Å². The zero-order valence-electron chi connectivity index (χ0n) is 12.6. The Kier molecular flexibility index (Phi) is 6.02. The molecule has 6 nitrogen and oxygen atoms in total. The van der Waals surface area contributed by atoms with Crippen LogP contribution in [0, 0.1) is 6.92 Å². The Morgan fingerprint density at radius 1 is 1.23 bits per heavy atom. The van der Waals surface area contributed by atoms with Crippen molar-refractivity contribution in [1.29, 1.82) is 0 Å². The highest BCUT2D eigenvalue weighted by atomic mass is 32.2. The number of carbonyl (C=O) groups is 1. The van der Waals surface area contributed by atoms with E-state index in [-0.39, 0.29) is 5.91 Å². The molecule has 0 aliphatic heterocycles. The van der Waals surface area contributed by atoms with Gasteiger partial charge in [0.1, 0.15) is 16.5 Å². The Hall–Kier alpha value is -1.80. The topological polar surface area (TPSA) is 73.3 Å². The minimum atomic E-state index is -0.0657. The van der Waals surface area contributed by atoms with Gasteiger partial charge in [0.15, 0.2) is 4.34 Å². The normalized spacial score (nSPS) is 10.3. The molecule has 0 aliphatic carbocycles. The Labute approximate surface area is 137 Å². The Morgan fingerprint density at radius 3 is 2.45 bits per heavy atom. The molecule has 0 spiro atoms. The second-order valence-electron chi connectivity index (χ2n) is 4.33. The van der Waals surface area contributed by atoms with E-state index in [0.717, 1.165) is 9.35 Å². The maximum Gasteiger partial charge on any atom is 0.225 e. The molecule has 0 aliphatic rings. The molecule has 118 valence electrons. The van der Waals surface area contributed by atoms with Crippen LogP contribution < -0.4 is 14.8 Å². The van der Waals surface area contributed by atoms with Gasteiger partial charge < -0.3 is 14.8 Å². The number of hydrogen-bond acceptors (Lipinski definition) is 7. The number of hydrogen-bond donors (Lipinski definition) is 1. The maximum atomic E-state index is 12.0. The highest BCUT2D eigenvalue weighted by Crippen LogP contribution is 2.26. The first kappa shape index (κ1) is 16.6. The van der Waals surface area contributed by atoms with Crippen molar-refractivity contribution in [3.05, 3.63) is 23.2 Å². The third-order valence-electron chi connectivity index (χ3n) is 2.70. The van der Waals surface area contributed by atoms with Crippen molar-refractivity contribution in [2.45, 2.75) is 17.7 Å². The number of benzene rings is 1.